The third kappa shape index (κ3) is 3.46. The van der Waals surface area contributed by atoms with Gasteiger partial charge in [-0.2, -0.15) is 0 Å². The van der Waals surface area contributed by atoms with Gasteiger partial charge >= 0.3 is 0 Å². The van der Waals surface area contributed by atoms with Crippen molar-refractivity contribution in [1.82, 2.24) is 10.2 Å². The molecule has 0 aromatic heterocycles. The Morgan fingerprint density at radius 3 is 2.58 bits per heavy atom. The summed E-state index contributed by atoms with van der Waals surface area (Å²) >= 11 is 0. The van der Waals surface area contributed by atoms with Gasteiger partial charge in [-0.05, 0) is 23.6 Å². The summed E-state index contributed by atoms with van der Waals surface area (Å²) in [6, 6.07) is 16.5. The first-order valence-corrected chi connectivity index (χ1v) is 8.11. The molecule has 5 nitrogen and oxygen atoms in total. The number of amides is 2. The third-order valence-corrected chi connectivity index (χ3v) is 4.33. The quantitative estimate of drug-likeness (QED) is 0.846. The fourth-order valence-corrected chi connectivity index (χ4v) is 3.06. The number of benzene rings is 2. The predicted octanol–water partition coefficient (Wildman–Crippen LogP) is 1.50. The molecule has 124 valence electrons. The zero-order valence-corrected chi connectivity index (χ0v) is 13.4. The Kier molecular flexibility index (Phi) is 4.91. The van der Waals surface area contributed by atoms with Crippen LogP contribution in [0, 0.1) is 0 Å². The molecule has 0 radical (unpaired) electrons. The normalized spacial score (nSPS) is 15.0. The molecule has 0 saturated heterocycles. The van der Waals surface area contributed by atoms with Gasteiger partial charge in [0, 0.05) is 25.2 Å². The van der Waals surface area contributed by atoms with E-state index in [0.29, 0.717) is 19.6 Å². The molecule has 1 aliphatic heterocycles. The lowest BCUT2D eigenvalue weighted by Gasteiger charge is -2.29. The number of fused-ring (bicyclic) bond motifs is 1. The Bertz CT molecular complexity index is 730. The maximum absolute atomic E-state index is 12.5. The van der Waals surface area contributed by atoms with E-state index in [-0.39, 0.29) is 5.91 Å². The first-order valence-electron chi connectivity index (χ1n) is 8.11. The van der Waals surface area contributed by atoms with Gasteiger partial charge in [0.15, 0.2) is 0 Å². The van der Waals surface area contributed by atoms with Crippen molar-refractivity contribution >= 4 is 11.8 Å². The molecule has 5 heteroatoms. The van der Waals surface area contributed by atoms with Crippen molar-refractivity contribution in [1.29, 1.82) is 0 Å². The average Bonchev–Trinajstić information content (AvgIpc) is 2.61. The summed E-state index contributed by atoms with van der Waals surface area (Å²) in [6.07, 6.45) is 0.861. The summed E-state index contributed by atoms with van der Waals surface area (Å²) in [6.45, 7) is 1.75. The van der Waals surface area contributed by atoms with E-state index >= 15 is 0 Å². The molecule has 0 saturated carbocycles. The maximum atomic E-state index is 12.5. The van der Waals surface area contributed by atoms with Crippen LogP contribution in [0.4, 0.5) is 0 Å². The van der Waals surface area contributed by atoms with Gasteiger partial charge in [-0.25, -0.2) is 0 Å². The maximum Gasteiger partial charge on any atom is 0.254 e. The SMILES string of the molecule is NC(=O)C(NCCN1CCc2ccccc2C1=O)c1ccccc1. The fourth-order valence-electron chi connectivity index (χ4n) is 3.06. The highest BCUT2D eigenvalue weighted by atomic mass is 16.2. The van der Waals surface area contributed by atoms with E-state index in [1.54, 1.807) is 0 Å². The highest BCUT2D eigenvalue weighted by Gasteiger charge is 2.24. The van der Waals surface area contributed by atoms with Crippen LogP contribution in [0.2, 0.25) is 0 Å². The van der Waals surface area contributed by atoms with E-state index in [1.165, 1.54) is 0 Å². The molecule has 0 spiro atoms. The van der Waals surface area contributed by atoms with Gasteiger partial charge in [0.25, 0.3) is 5.91 Å². The number of nitrogens with two attached hydrogens (primary N) is 1. The first-order chi connectivity index (χ1) is 11.7. The molecule has 3 rings (SSSR count). The Hall–Kier alpha value is -2.66. The lowest BCUT2D eigenvalue weighted by molar-refractivity contribution is -0.120. The summed E-state index contributed by atoms with van der Waals surface area (Å²) in [7, 11) is 0. The molecule has 0 bridgehead atoms. The minimum Gasteiger partial charge on any atom is -0.368 e. The van der Waals surface area contributed by atoms with Crippen LogP contribution in [0.3, 0.4) is 0 Å². The summed E-state index contributed by atoms with van der Waals surface area (Å²) in [5.41, 5.74) is 8.21. The summed E-state index contributed by atoms with van der Waals surface area (Å²) in [5.74, 6) is -0.370. The molecule has 2 aromatic carbocycles. The second-order valence-electron chi connectivity index (χ2n) is 5.90. The van der Waals surface area contributed by atoms with E-state index in [0.717, 1.165) is 23.1 Å². The Morgan fingerprint density at radius 1 is 1.12 bits per heavy atom. The lowest BCUT2D eigenvalue weighted by atomic mass is 9.99. The largest absolute Gasteiger partial charge is 0.368 e. The van der Waals surface area contributed by atoms with Crippen molar-refractivity contribution in [3.8, 4) is 0 Å². The molecule has 2 aromatic rings. The average molecular weight is 323 g/mol. The highest BCUT2D eigenvalue weighted by molar-refractivity contribution is 5.96. The monoisotopic (exact) mass is 323 g/mol. The zero-order chi connectivity index (χ0) is 16.9. The van der Waals surface area contributed by atoms with Gasteiger partial charge in [-0.3, -0.25) is 9.59 Å². The van der Waals surface area contributed by atoms with Crippen LogP contribution in [-0.4, -0.2) is 36.3 Å². The van der Waals surface area contributed by atoms with Gasteiger partial charge in [-0.15, -0.1) is 0 Å². The van der Waals surface area contributed by atoms with Crippen LogP contribution in [0.5, 0.6) is 0 Å². The van der Waals surface area contributed by atoms with Crippen molar-refractivity contribution in [2.75, 3.05) is 19.6 Å². The van der Waals surface area contributed by atoms with E-state index < -0.39 is 11.9 Å². The van der Waals surface area contributed by atoms with E-state index in [1.807, 2.05) is 59.5 Å². The minimum absolute atomic E-state index is 0.0500. The number of primary amides is 1. The van der Waals surface area contributed by atoms with Crippen molar-refractivity contribution in [3.05, 3.63) is 71.3 Å². The summed E-state index contributed by atoms with van der Waals surface area (Å²) < 4.78 is 0. The van der Waals surface area contributed by atoms with Gasteiger partial charge in [-0.1, -0.05) is 48.5 Å². The van der Waals surface area contributed by atoms with Crippen molar-refractivity contribution in [3.63, 3.8) is 0 Å². The van der Waals surface area contributed by atoms with E-state index in [4.69, 9.17) is 5.73 Å². The highest BCUT2D eigenvalue weighted by Crippen LogP contribution is 2.18. The number of carbonyl (C=O) groups excluding carboxylic acids is 2. The second kappa shape index (κ2) is 7.27. The van der Waals surface area contributed by atoms with E-state index in [9.17, 15) is 9.59 Å². The number of hydrogen-bond donors (Lipinski definition) is 2. The fraction of sp³-hybridized carbons (Fsp3) is 0.263. The number of hydrogen-bond acceptors (Lipinski definition) is 3. The van der Waals surface area contributed by atoms with Crippen LogP contribution in [0.15, 0.2) is 54.6 Å². The Balaban J connectivity index is 1.60. The number of nitrogens with zero attached hydrogens (tertiary/aromatic N) is 1. The molecule has 1 atom stereocenters. The zero-order valence-electron chi connectivity index (χ0n) is 13.4. The number of carbonyl (C=O) groups is 2. The molecule has 2 amide bonds. The van der Waals surface area contributed by atoms with Gasteiger partial charge in [0.05, 0.1) is 0 Å². The van der Waals surface area contributed by atoms with E-state index in [2.05, 4.69) is 5.32 Å². The third-order valence-electron chi connectivity index (χ3n) is 4.33. The molecule has 1 aliphatic rings. The van der Waals surface area contributed by atoms with Crippen LogP contribution in [0.1, 0.15) is 27.5 Å². The number of rotatable bonds is 6. The van der Waals surface area contributed by atoms with Crippen LogP contribution in [-0.2, 0) is 11.2 Å². The molecular formula is C19H21N3O2. The van der Waals surface area contributed by atoms with Gasteiger partial charge in [0.1, 0.15) is 6.04 Å². The first kappa shape index (κ1) is 16.2. The molecule has 1 unspecified atom stereocenters. The molecule has 1 heterocycles. The standard InChI is InChI=1S/C19H21N3O2/c20-18(23)17(15-7-2-1-3-8-15)21-11-13-22-12-10-14-6-4-5-9-16(14)19(22)24/h1-9,17,21H,10-13H2,(H2,20,23). The van der Waals surface area contributed by atoms with Crippen LogP contribution in [0.25, 0.3) is 0 Å². The summed E-state index contributed by atoms with van der Waals surface area (Å²) in [4.78, 5) is 26.0. The second-order valence-corrected chi connectivity index (χ2v) is 5.90. The summed E-state index contributed by atoms with van der Waals surface area (Å²) in [5, 5.41) is 3.16. The van der Waals surface area contributed by atoms with Gasteiger partial charge < -0.3 is 16.0 Å². The minimum atomic E-state index is -0.543. The Labute approximate surface area is 141 Å². The van der Waals surface area contributed by atoms with Crippen LogP contribution >= 0.6 is 0 Å². The van der Waals surface area contributed by atoms with Gasteiger partial charge in [0.2, 0.25) is 5.91 Å². The molecule has 3 N–H and O–H groups in total. The van der Waals surface area contributed by atoms with Crippen LogP contribution < -0.4 is 11.1 Å². The molecule has 0 aliphatic carbocycles. The molecule has 0 fully saturated rings. The predicted molar refractivity (Wildman–Crippen MR) is 92.4 cm³/mol. The van der Waals surface area contributed by atoms with Crippen molar-refractivity contribution in [2.24, 2.45) is 5.73 Å². The molecular weight excluding hydrogens is 302 g/mol. The number of nitrogens with one attached hydrogen (secondary N) is 1. The van der Waals surface area contributed by atoms with Crippen molar-refractivity contribution in [2.45, 2.75) is 12.5 Å². The smallest absolute Gasteiger partial charge is 0.254 e. The lowest BCUT2D eigenvalue weighted by Crippen LogP contribution is -2.43. The molecule has 24 heavy (non-hydrogen) atoms. The van der Waals surface area contributed by atoms with Crippen molar-refractivity contribution < 1.29 is 9.59 Å². The topological polar surface area (TPSA) is 75.4 Å². The Morgan fingerprint density at radius 2 is 1.83 bits per heavy atom.